The molecular formula is C15H15FN4O2. The van der Waals surface area contributed by atoms with Crippen molar-refractivity contribution in [2.75, 3.05) is 6.61 Å². The number of aliphatic hydroxyl groups excluding tert-OH is 1. The Morgan fingerprint density at radius 1 is 1.36 bits per heavy atom. The number of carbonyl (C=O) groups is 1. The summed E-state index contributed by atoms with van der Waals surface area (Å²) in [6.45, 7) is 0.0730. The van der Waals surface area contributed by atoms with Gasteiger partial charge in [0.25, 0.3) is 5.91 Å². The topological polar surface area (TPSA) is 80.0 Å². The van der Waals surface area contributed by atoms with Crippen LogP contribution in [0, 0.1) is 11.7 Å². The Labute approximate surface area is 126 Å². The standard InChI is InChI=1S/C15H15FN4O2/c16-11-2-5-13(6-3-11)20-17-8-14(19-20)15(22)18-12-4-1-10(7-12)9-21/h1-6,8,10,12,21H,7,9H2,(H,18,22)/t10-,12+/m0/s1. The normalized spacial score (nSPS) is 20.3. The molecule has 0 aliphatic heterocycles. The average molecular weight is 302 g/mol. The number of amides is 1. The number of aliphatic hydroxyl groups is 1. The molecule has 0 radical (unpaired) electrons. The van der Waals surface area contributed by atoms with Gasteiger partial charge in [-0.2, -0.15) is 9.90 Å². The Hall–Kier alpha value is -2.54. The third-order valence-corrected chi connectivity index (χ3v) is 3.51. The second-order valence-electron chi connectivity index (χ2n) is 5.14. The molecule has 1 heterocycles. The maximum Gasteiger partial charge on any atom is 0.273 e. The van der Waals surface area contributed by atoms with Crippen LogP contribution in [0.25, 0.3) is 5.69 Å². The highest BCUT2D eigenvalue weighted by atomic mass is 19.1. The molecule has 1 aromatic heterocycles. The van der Waals surface area contributed by atoms with Crippen molar-refractivity contribution >= 4 is 5.91 Å². The smallest absolute Gasteiger partial charge is 0.273 e. The Morgan fingerprint density at radius 3 is 2.82 bits per heavy atom. The number of rotatable bonds is 4. The molecule has 1 aliphatic rings. The second kappa shape index (κ2) is 6.07. The first kappa shape index (κ1) is 14.4. The van der Waals surface area contributed by atoms with E-state index in [0.29, 0.717) is 12.1 Å². The number of aromatic nitrogens is 3. The lowest BCUT2D eigenvalue weighted by Gasteiger charge is -2.11. The summed E-state index contributed by atoms with van der Waals surface area (Å²) in [5.41, 5.74) is 0.756. The van der Waals surface area contributed by atoms with Gasteiger partial charge in [-0.05, 0) is 30.7 Å². The molecule has 1 aliphatic carbocycles. The molecule has 2 N–H and O–H groups in total. The van der Waals surface area contributed by atoms with Crippen LogP contribution in [0.1, 0.15) is 16.9 Å². The molecule has 0 bridgehead atoms. The molecule has 114 valence electrons. The molecule has 0 unspecified atom stereocenters. The first-order valence-corrected chi connectivity index (χ1v) is 6.94. The zero-order chi connectivity index (χ0) is 15.5. The highest BCUT2D eigenvalue weighted by Crippen LogP contribution is 2.17. The Kier molecular flexibility index (Phi) is 3.97. The highest BCUT2D eigenvalue weighted by molar-refractivity contribution is 5.92. The molecule has 0 spiro atoms. The molecule has 6 nitrogen and oxygen atoms in total. The lowest BCUT2D eigenvalue weighted by molar-refractivity contribution is 0.0935. The number of hydrogen-bond donors (Lipinski definition) is 2. The van der Waals surface area contributed by atoms with Gasteiger partial charge in [0, 0.05) is 18.6 Å². The van der Waals surface area contributed by atoms with Crippen LogP contribution < -0.4 is 5.32 Å². The van der Waals surface area contributed by atoms with Gasteiger partial charge < -0.3 is 10.4 Å². The average Bonchev–Trinajstić information content (AvgIpc) is 3.17. The van der Waals surface area contributed by atoms with E-state index in [-0.39, 0.29) is 36.0 Å². The number of benzene rings is 1. The summed E-state index contributed by atoms with van der Waals surface area (Å²) in [5.74, 6) is -0.595. The van der Waals surface area contributed by atoms with Gasteiger partial charge in [-0.3, -0.25) is 4.79 Å². The van der Waals surface area contributed by atoms with E-state index in [4.69, 9.17) is 5.11 Å². The van der Waals surface area contributed by atoms with Gasteiger partial charge in [0.05, 0.1) is 11.9 Å². The molecule has 22 heavy (non-hydrogen) atoms. The van der Waals surface area contributed by atoms with Gasteiger partial charge in [0.2, 0.25) is 0 Å². The third kappa shape index (κ3) is 3.04. The van der Waals surface area contributed by atoms with Crippen LogP contribution in [0.4, 0.5) is 4.39 Å². The quantitative estimate of drug-likeness (QED) is 0.828. The number of nitrogens with zero attached hydrogens (tertiary/aromatic N) is 3. The van der Waals surface area contributed by atoms with E-state index in [2.05, 4.69) is 15.5 Å². The molecule has 1 amide bonds. The summed E-state index contributed by atoms with van der Waals surface area (Å²) >= 11 is 0. The van der Waals surface area contributed by atoms with E-state index in [1.165, 1.54) is 35.3 Å². The molecule has 0 saturated carbocycles. The molecule has 2 aromatic rings. The fourth-order valence-electron chi connectivity index (χ4n) is 2.33. The predicted octanol–water partition coefficient (Wildman–Crippen LogP) is 1.07. The van der Waals surface area contributed by atoms with Crippen LogP contribution in [0.3, 0.4) is 0 Å². The maximum absolute atomic E-state index is 12.9. The van der Waals surface area contributed by atoms with Crippen LogP contribution in [-0.4, -0.2) is 38.7 Å². The van der Waals surface area contributed by atoms with Crippen molar-refractivity contribution in [3.63, 3.8) is 0 Å². The van der Waals surface area contributed by atoms with E-state index in [1.807, 2.05) is 12.2 Å². The minimum absolute atomic E-state index is 0.0730. The van der Waals surface area contributed by atoms with Gasteiger partial charge >= 0.3 is 0 Å². The lowest BCUT2D eigenvalue weighted by Crippen LogP contribution is -2.33. The predicted molar refractivity (Wildman–Crippen MR) is 76.9 cm³/mol. The van der Waals surface area contributed by atoms with Crippen molar-refractivity contribution in [2.45, 2.75) is 12.5 Å². The number of carbonyl (C=O) groups excluding carboxylic acids is 1. The van der Waals surface area contributed by atoms with Crippen LogP contribution in [0.5, 0.6) is 0 Å². The fourth-order valence-corrected chi connectivity index (χ4v) is 2.33. The summed E-state index contributed by atoms with van der Waals surface area (Å²) in [5, 5.41) is 20.0. The zero-order valence-electron chi connectivity index (χ0n) is 11.7. The van der Waals surface area contributed by atoms with E-state index in [9.17, 15) is 9.18 Å². The van der Waals surface area contributed by atoms with Crippen molar-refractivity contribution in [1.82, 2.24) is 20.3 Å². The molecule has 2 atom stereocenters. The maximum atomic E-state index is 12.9. The van der Waals surface area contributed by atoms with Gasteiger partial charge in [-0.15, -0.1) is 5.10 Å². The van der Waals surface area contributed by atoms with E-state index in [1.54, 1.807) is 0 Å². The summed E-state index contributed by atoms with van der Waals surface area (Å²) in [4.78, 5) is 13.4. The minimum Gasteiger partial charge on any atom is -0.396 e. The van der Waals surface area contributed by atoms with Crippen molar-refractivity contribution in [3.8, 4) is 5.69 Å². The third-order valence-electron chi connectivity index (χ3n) is 3.51. The lowest BCUT2D eigenvalue weighted by atomic mass is 10.1. The number of nitrogens with one attached hydrogen (secondary N) is 1. The monoisotopic (exact) mass is 302 g/mol. The van der Waals surface area contributed by atoms with Crippen molar-refractivity contribution in [3.05, 3.63) is 54.1 Å². The minimum atomic E-state index is -0.347. The summed E-state index contributed by atoms with van der Waals surface area (Å²) < 4.78 is 12.9. The molecule has 3 rings (SSSR count). The van der Waals surface area contributed by atoms with Gasteiger partial charge in [0.15, 0.2) is 5.69 Å². The van der Waals surface area contributed by atoms with Crippen LogP contribution in [0.2, 0.25) is 0 Å². The zero-order valence-corrected chi connectivity index (χ0v) is 11.7. The number of halogens is 1. The van der Waals surface area contributed by atoms with Crippen LogP contribution in [0.15, 0.2) is 42.6 Å². The van der Waals surface area contributed by atoms with E-state index in [0.717, 1.165) is 0 Å². The van der Waals surface area contributed by atoms with Crippen LogP contribution >= 0.6 is 0 Å². The first-order valence-electron chi connectivity index (χ1n) is 6.94. The van der Waals surface area contributed by atoms with Gasteiger partial charge in [-0.25, -0.2) is 4.39 Å². The van der Waals surface area contributed by atoms with E-state index >= 15 is 0 Å². The fraction of sp³-hybridized carbons (Fsp3) is 0.267. The molecule has 1 aromatic carbocycles. The van der Waals surface area contributed by atoms with Crippen LogP contribution in [-0.2, 0) is 0 Å². The number of hydrogen-bond acceptors (Lipinski definition) is 4. The van der Waals surface area contributed by atoms with Crippen molar-refractivity contribution < 1.29 is 14.3 Å². The van der Waals surface area contributed by atoms with Crippen molar-refractivity contribution in [1.29, 1.82) is 0 Å². The largest absolute Gasteiger partial charge is 0.396 e. The summed E-state index contributed by atoms with van der Waals surface area (Å²) in [6, 6.07) is 5.55. The Morgan fingerprint density at radius 2 is 2.14 bits per heavy atom. The summed E-state index contributed by atoms with van der Waals surface area (Å²) in [6.07, 6.45) is 5.79. The molecule has 0 fully saturated rings. The molecule has 0 saturated heterocycles. The Balaban J connectivity index is 1.67. The van der Waals surface area contributed by atoms with Gasteiger partial charge in [-0.1, -0.05) is 12.2 Å². The van der Waals surface area contributed by atoms with Crippen molar-refractivity contribution in [2.24, 2.45) is 5.92 Å². The second-order valence-corrected chi connectivity index (χ2v) is 5.14. The van der Waals surface area contributed by atoms with E-state index < -0.39 is 0 Å². The molecule has 7 heteroatoms. The first-order chi connectivity index (χ1) is 10.7. The Bertz CT molecular complexity index is 696. The SMILES string of the molecule is O=C(N[C@@H]1C=C[C@H](CO)C1)c1cnn(-c2ccc(F)cc2)n1. The molecular weight excluding hydrogens is 287 g/mol. The summed E-state index contributed by atoms with van der Waals surface area (Å²) in [7, 11) is 0. The van der Waals surface area contributed by atoms with Gasteiger partial charge in [0.1, 0.15) is 5.82 Å². The highest BCUT2D eigenvalue weighted by Gasteiger charge is 2.21.